The summed E-state index contributed by atoms with van der Waals surface area (Å²) < 4.78 is 0. The lowest BCUT2D eigenvalue weighted by Gasteiger charge is -2.39. The summed E-state index contributed by atoms with van der Waals surface area (Å²) in [4.78, 5) is 17.2. The van der Waals surface area contributed by atoms with Gasteiger partial charge in [0.25, 0.3) is 5.91 Å². The lowest BCUT2D eigenvalue weighted by molar-refractivity contribution is -0.131. The first-order valence-corrected chi connectivity index (χ1v) is 12.0. The monoisotopic (exact) mass is 404 g/mol. The Morgan fingerprint density at radius 1 is 1.10 bits per heavy atom. The van der Waals surface area contributed by atoms with Gasteiger partial charge in [0.15, 0.2) is 5.96 Å². The Balaban J connectivity index is 1.42. The number of hydrogen-bond donors (Lipinski definition) is 3. The number of nitrogens with one attached hydrogen (secondary N) is 2. The van der Waals surface area contributed by atoms with Gasteiger partial charge in [-0.25, -0.2) is 0 Å². The van der Waals surface area contributed by atoms with E-state index in [2.05, 4.69) is 10.2 Å². The lowest BCUT2D eigenvalue weighted by Crippen LogP contribution is -2.50. The predicted octanol–water partition coefficient (Wildman–Crippen LogP) is 3.10. The van der Waals surface area contributed by atoms with Crippen LogP contribution in [0.15, 0.2) is 0 Å². The summed E-state index contributed by atoms with van der Waals surface area (Å²) in [5, 5.41) is 21.5. The van der Waals surface area contributed by atoms with Crippen LogP contribution in [-0.2, 0) is 4.79 Å². The van der Waals surface area contributed by atoms with Crippen LogP contribution in [0.1, 0.15) is 83.5 Å². The van der Waals surface area contributed by atoms with E-state index in [1.165, 1.54) is 56.3 Å². The number of likely N-dealkylation sites (tertiary alicyclic amines) is 1. The van der Waals surface area contributed by atoms with Crippen molar-refractivity contribution in [2.45, 2.75) is 101 Å². The molecule has 29 heavy (non-hydrogen) atoms. The predicted molar refractivity (Wildman–Crippen MR) is 115 cm³/mol. The number of hydrogen-bond acceptors (Lipinski definition) is 4. The molecule has 6 nitrogen and oxygen atoms in total. The zero-order chi connectivity index (χ0) is 20.4. The molecule has 0 aromatic heterocycles. The number of aliphatic hydroxyl groups excluding tert-OH is 1. The highest BCUT2D eigenvalue weighted by atomic mass is 16.3. The smallest absolute Gasteiger partial charge is 0.254 e. The molecule has 3 N–H and O–H groups in total. The molecule has 4 aliphatic rings. The molecular formula is C23H40N4O2. The number of likely N-dealkylation sites (N-methyl/N-ethyl adjacent to an activating group) is 1. The summed E-state index contributed by atoms with van der Waals surface area (Å²) in [6.07, 6.45) is 15.0. The third-order valence-corrected chi connectivity index (χ3v) is 8.21. The highest BCUT2D eigenvalue weighted by Gasteiger charge is 2.49. The molecule has 2 aliphatic heterocycles. The maximum atomic E-state index is 13.2. The maximum absolute atomic E-state index is 13.2. The highest BCUT2D eigenvalue weighted by molar-refractivity contribution is 6.07. The van der Waals surface area contributed by atoms with Crippen LogP contribution in [-0.4, -0.2) is 64.6 Å². The molecule has 2 saturated carbocycles. The highest BCUT2D eigenvalue weighted by Crippen LogP contribution is 2.39. The van der Waals surface area contributed by atoms with Crippen LogP contribution in [0.2, 0.25) is 0 Å². The van der Waals surface area contributed by atoms with Gasteiger partial charge in [-0.3, -0.25) is 20.0 Å². The number of carbonyl (C=O) groups excluding carboxylic acids is 1. The Labute approximate surface area is 175 Å². The van der Waals surface area contributed by atoms with Crippen molar-refractivity contribution in [2.75, 3.05) is 20.1 Å². The van der Waals surface area contributed by atoms with Gasteiger partial charge in [-0.2, -0.15) is 0 Å². The van der Waals surface area contributed by atoms with Crippen LogP contribution in [0.5, 0.6) is 0 Å². The molecule has 0 bridgehead atoms. The van der Waals surface area contributed by atoms with Crippen molar-refractivity contribution < 1.29 is 9.90 Å². The molecule has 4 atom stereocenters. The van der Waals surface area contributed by atoms with Gasteiger partial charge in [0, 0.05) is 26.2 Å². The zero-order valence-electron chi connectivity index (χ0n) is 18.2. The van der Waals surface area contributed by atoms with Crippen LogP contribution >= 0.6 is 0 Å². The standard InChI is InChI=1S/C23H40N4O2/c1-26-21(29)23(25-22(26)24,12-10-17-6-3-2-4-7-17)15-18-8-5-9-19(14-18)27-13-11-20(28)16-27/h17-20,28H,2-16H2,1H3,(H2,24,25)/t18-,19-,20-,23?/m0/s1. The molecule has 164 valence electrons. The van der Waals surface area contributed by atoms with E-state index in [4.69, 9.17) is 5.41 Å². The normalized spacial score (nSPS) is 37.3. The second kappa shape index (κ2) is 8.93. The van der Waals surface area contributed by atoms with E-state index in [-0.39, 0.29) is 18.0 Å². The fourth-order valence-corrected chi connectivity index (χ4v) is 6.49. The van der Waals surface area contributed by atoms with Crippen molar-refractivity contribution >= 4 is 11.9 Å². The van der Waals surface area contributed by atoms with E-state index in [1.807, 2.05) is 0 Å². The minimum atomic E-state index is -0.569. The van der Waals surface area contributed by atoms with Crippen molar-refractivity contribution in [1.29, 1.82) is 5.41 Å². The molecule has 2 saturated heterocycles. The Morgan fingerprint density at radius 3 is 2.52 bits per heavy atom. The summed E-state index contributed by atoms with van der Waals surface area (Å²) in [5.74, 6) is 1.65. The van der Waals surface area contributed by atoms with E-state index in [9.17, 15) is 9.90 Å². The quantitative estimate of drug-likeness (QED) is 0.636. The first-order valence-electron chi connectivity index (χ1n) is 12.0. The molecule has 4 fully saturated rings. The van der Waals surface area contributed by atoms with Crippen molar-refractivity contribution in [3.05, 3.63) is 0 Å². The Kier molecular flexibility index (Phi) is 6.50. The van der Waals surface area contributed by atoms with Crippen LogP contribution in [0.3, 0.4) is 0 Å². The summed E-state index contributed by atoms with van der Waals surface area (Å²) in [6.45, 7) is 1.82. The maximum Gasteiger partial charge on any atom is 0.254 e. The molecule has 1 unspecified atom stereocenters. The Hall–Kier alpha value is -1.14. The number of guanidine groups is 1. The van der Waals surface area contributed by atoms with Gasteiger partial charge >= 0.3 is 0 Å². The first kappa shape index (κ1) is 21.1. The van der Waals surface area contributed by atoms with Gasteiger partial charge in [-0.05, 0) is 50.4 Å². The molecule has 6 heteroatoms. The lowest BCUT2D eigenvalue weighted by atomic mass is 9.74. The van der Waals surface area contributed by atoms with Crippen LogP contribution in [0.4, 0.5) is 0 Å². The van der Waals surface area contributed by atoms with E-state index >= 15 is 0 Å². The average Bonchev–Trinajstić information content (AvgIpc) is 3.25. The minimum absolute atomic E-state index is 0.108. The molecule has 4 rings (SSSR count). The average molecular weight is 405 g/mol. The van der Waals surface area contributed by atoms with Crippen molar-refractivity contribution in [3.63, 3.8) is 0 Å². The first-order chi connectivity index (χ1) is 14.0. The third-order valence-electron chi connectivity index (χ3n) is 8.21. The number of carbonyl (C=O) groups is 1. The number of aliphatic hydroxyl groups is 1. The Bertz CT molecular complexity index is 606. The summed E-state index contributed by atoms with van der Waals surface area (Å²) in [7, 11) is 1.75. The molecule has 0 spiro atoms. The molecular weight excluding hydrogens is 364 g/mol. The van der Waals surface area contributed by atoms with E-state index in [0.29, 0.717) is 12.0 Å². The van der Waals surface area contributed by atoms with Crippen molar-refractivity contribution in [3.8, 4) is 0 Å². The van der Waals surface area contributed by atoms with Gasteiger partial charge in [0.2, 0.25) is 0 Å². The van der Waals surface area contributed by atoms with E-state index < -0.39 is 5.54 Å². The second-order valence-corrected chi connectivity index (χ2v) is 10.3. The number of β-amino-alcohol motifs (C(OH)–C–C–N with tert-alkyl or cyclic N) is 1. The minimum Gasteiger partial charge on any atom is -0.392 e. The van der Waals surface area contributed by atoms with Gasteiger partial charge in [0.05, 0.1) is 6.10 Å². The van der Waals surface area contributed by atoms with Gasteiger partial charge in [0.1, 0.15) is 5.54 Å². The summed E-state index contributed by atoms with van der Waals surface area (Å²) >= 11 is 0. The fraction of sp³-hybridized carbons (Fsp3) is 0.913. The van der Waals surface area contributed by atoms with E-state index in [0.717, 1.165) is 51.1 Å². The number of nitrogens with zero attached hydrogens (tertiary/aromatic N) is 2. The number of rotatable bonds is 6. The molecule has 1 amide bonds. The topological polar surface area (TPSA) is 79.7 Å². The van der Waals surface area contributed by atoms with Crippen LogP contribution < -0.4 is 5.32 Å². The largest absolute Gasteiger partial charge is 0.392 e. The molecule has 0 radical (unpaired) electrons. The van der Waals surface area contributed by atoms with E-state index in [1.54, 1.807) is 7.05 Å². The summed E-state index contributed by atoms with van der Waals surface area (Å²) in [5.41, 5.74) is -0.569. The van der Waals surface area contributed by atoms with Gasteiger partial charge in [-0.15, -0.1) is 0 Å². The molecule has 0 aromatic rings. The van der Waals surface area contributed by atoms with Crippen molar-refractivity contribution in [2.24, 2.45) is 11.8 Å². The Morgan fingerprint density at radius 2 is 1.86 bits per heavy atom. The second-order valence-electron chi connectivity index (χ2n) is 10.3. The van der Waals surface area contributed by atoms with Gasteiger partial charge in [-0.1, -0.05) is 44.9 Å². The molecule has 2 heterocycles. The SMILES string of the molecule is CN1C(=N)NC(CCC2CCCCC2)(C[C@H]2CCC[C@H](N3CC[C@H](O)C3)C2)C1=O. The third kappa shape index (κ3) is 4.63. The van der Waals surface area contributed by atoms with Crippen LogP contribution in [0.25, 0.3) is 0 Å². The molecule has 2 aliphatic carbocycles. The van der Waals surface area contributed by atoms with Crippen LogP contribution in [0, 0.1) is 17.2 Å². The summed E-state index contributed by atoms with van der Waals surface area (Å²) in [6, 6.07) is 0.551. The van der Waals surface area contributed by atoms with Crippen molar-refractivity contribution in [1.82, 2.24) is 15.1 Å². The zero-order valence-corrected chi connectivity index (χ0v) is 18.2. The molecule has 0 aromatic carbocycles. The fourth-order valence-electron chi connectivity index (χ4n) is 6.49. The van der Waals surface area contributed by atoms with Gasteiger partial charge < -0.3 is 10.4 Å². The number of amides is 1.